The minimum Gasteiger partial charge on any atom is -0.496 e. The lowest BCUT2D eigenvalue weighted by molar-refractivity contribution is 0.416. The van der Waals surface area contributed by atoms with E-state index >= 15 is 0 Å². The van der Waals surface area contributed by atoms with E-state index in [9.17, 15) is 0 Å². The molecule has 0 aliphatic carbocycles. The monoisotopic (exact) mass is 248 g/mol. The largest absolute Gasteiger partial charge is 0.496 e. The van der Waals surface area contributed by atoms with Gasteiger partial charge in [0.05, 0.1) is 7.11 Å². The lowest BCUT2D eigenvalue weighted by Crippen LogP contribution is -2.00. The van der Waals surface area contributed by atoms with Gasteiger partial charge in [-0.15, -0.1) is 0 Å². The highest BCUT2D eigenvalue weighted by atomic mass is 35.5. The maximum Gasteiger partial charge on any atom is 0.126 e. The molecule has 4 heteroatoms. The number of benzene rings is 1. The van der Waals surface area contributed by atoms with Gasteiger partial charge in [0, 0.05) is 29.5 Å². The number of hydrogen-bond acceptors (Lipinski definition) is 3. The third-order valence-electron chi connectivity index (χ3n) is 2.58. The van der Waals surface area contributed by atoms with Crippen molar-refractivity contribution in [2.24, 2.45) is 5.73 Å². The molecule has 1 aromatic heterocycles. The molecule has 0 aliphatic rings. The molecule has 0 amide bonds. The van der Waals surface area contributed by atoms with Gasteiger partial charge < -0.3 is 10.5 Å². The summed E-state index contributed by atoms with van der Waals surface area (Å²) in [5.74, 6) is 0.773. The van der Waals surface area contributed by atoms with Gasteiger partial charge in [0.15, 0.2) is 0 Å². The molecule has 1 aromatic carbocycles. The van der Waals surface area contributed by atoms with E-state index in [1.165, 1.54) is 0 Å². The minimum atomic E-state index is 0.429. The molecule has 0 spiro atoms. The van der Waals surface area contributed by atoms with Crippen molar-refractivity contribution in [3.8, 4) is 16.9 Å². The van der Waals surface area contributed by atoms with Crippen molar-refractivity contribution >= 4 is 11.6 Å². The molecule has 0 aliphatic heterocycles. The highest BCUT2D eigenvalue weighted by Crippen LogP contribution is 2.33. The molecule has 0 unspecified atom stereocenters. The maximum absolute atomic E-state index is 6.02. The average molecular weight is 249 g/mol. The number of pyridine rings is 1. The third-order valence-corrected chi connectivity index (χ3v) is 2.81. The Balaban J connectivity index is 2.62. The van der Waals surface area contributed by atoms with Crippen molar-refractivity contribution in [3.05, 3.63) is 47.2 Å². The Kier molecular flexibility index (Phi) is 3.61. The third kappa shape index (κ3) is 2.40. The van der Waals surface area contributed by atoms with Crippen LogP contribution in [0.5, 0.6) is 5.75 Å². The van der Waals surface area contributed by atoms with E-state index in [2.05, 4.69) is 4.98 Å². The Morgan fingerprint density at radius 1 is 1.29 bits per heavy atom. The van der Waals surface area contributed by atoms with Gasteiger partial charge >= 0.3 is 0 Å². The fraction of sp³-hybridized carbons (Fsp3) is 0.154. The van der Waals surface area contributed by atoms with Crippen molar-refractivity contribution in [1.82, 2.24) is 4.98 Å². The predicted molar refractivity (Wildman–Crippen MR) is 69.1 cm³/mol. The van der Waals surface area contributed by atoms with Gasteiger partial charge in [0.1, 0.15) is 5.75 Å². The van der Waals surface area contributed by atoms with Gasteiger partial charge in [0.2, 0.25) is 0 Å². The Bertz CT molecular complexity index is 529. The molecule has 3 nitrogen and oxygen atoms in total. The summed E-state index contributed by atoms with van der Waals surface area (Å²) in [7, 11) is 1.63. The van der Waals surface area contributed by atoms with E-state index in [1.807, 2.05) is 18.2 Å². The molecule has 0 bridgehead atoms. The molecule has 17 heavy (non-hydrogen) atoms. The molecule has 0 radical (unpaired) electrons. The topological polar surface area (TPSA) is 48.1 Å². The van der Waals surface area contributed by atoms with Crippen LogP contribution in [0.15, 0.2) is 36.7 Å². The zero-order valence-electron chi connectivity index (χ0n) is 9.48. The first-order chi connectivity index (χ1) is 8.26. The van der Waals surface area contributed by atoms with Crippen molar-refractivity contribution in [3.63, 3.8) is 0 Å². The molecule has 0 fully saturated rings. The summed E-state index contributed by atoms with van der Waals surface area (Å²) in [6.07, 6.45) is 3.49. The Labute approximate surface area is 105 Å². The fourth-order valence-electron chi connectivity index (χ4n) is 1.74. The Morgan fingerprint density at radius 3 is 2.82 bits per heavy atom. The zero-order chi connectivity index (χ0) is 12.3. The van der Waals surface area contributed by atoms with Crippen LogP contribution in [0.25, 0.3) is 11.1 Å². The van der Waals surface area contributed by atoms with E-state index in [0.29, 0.717) is 11.6 Å². The van der Waals surface area contributed by atoms with Crippen LogP contribution in [0.4, 0.5) is 0 Å². The molecule has 2 aromatic rings. The zero-order valence-corrected chi connectivity index (χ0v) is 10.2. The van der Waals surface area contributed by atoms with Gasteiger partial charge in [-0.2, -0.15) is 0 Å². The van der Waals surface area contributed by atoms with Gasteiger partial charge in [0.25, 0.3) is 0 Å². The summed E-state index contributed by atoms with van der Waals surface area (Å²) in [6.45, 7) is 0.429. The molecule has 2 N–H and O–H groups in total. The van der Waals surface area contributed by atoms with Crippen LogP contribution in [-0.4, -0.2) is 12.1 Å². The molecule has 88 valence electrons. The SMILES string of the molecule is COc1ccc(Cl)cc1-c1ccncc1CN. The number of ether oxygens (including phenoxy) is 1. The number of rotatable bonds is 3. The summed E-state index contributed by atoms with van der Waals surface area (Å²) in [6, 6.07) is 7.43. The van der Waals surface area contributed by atoms with Crippen LogP contribution in [0, 0.1) is 0 Å². The summed E-state index contributed by atoms with van der Waals surface area (Å²) in [5, 5.41) is 0.667. The van der Waals surface area contributed by atoms with Crippen LogP contribution >= 0.6 is 11.6 Å². The fourth-order valence-corrected chi connectivity index (χ4v) is 1.92. The first-order valence-electron chi connectivity index (χ1n) is 5.23. The highest BCUT2D eigenvalue weighted by molar-refractivity contribution is 6.31. The molecular weight excluding hydrogens is 236 g/mol. The number of nitrogens with two attached hydrogens (primary N) is 1. The summed E-state index contributed by atoms with van der Waals surface area (Å²) in [5.41, 5.74) is 8.60. The minimum absolute atomic E-state index is 0.429. The summed E-state index contributed by atoms with van der Waals surface area (Å²) < 4.78 is 5.33. The van der Waals surface area contributed by atoms with Crippen LogP contribution in [0.1, 0.15) is 5.56 Å². The Morgan fingerprint density at radius 2 is 2.12 bits per heavy atom. The van der Waals surface area contributed by atoms with Crippen molar-refractivity contribution in [2.45, 2.75) is 6.54 Å². The average Bonchev–Trinajstić information content (AvgIpc) is 2.38. The number of hydrogen-bond donors (Lipinski definition) is 1. The summed E-state index contributed by atoms with van der Waals surface area (Å²) in [4.78, 5) is 4.07. The van der Waals surface area contributed by atoms with Crippen LogP contribution < -0.4 is 10.5 Å². The van der Waals surface area contributed by atoms with E-state index in [0.717, 1.165) is 22.4 Å². The smallest absolute Gasteiger partial charge is 0.126 e. The van der Waals surface area contributed by atoms with Gasteiger partial charge in [-0.3, -0.25) is 4.98 Å². The van der Waals surface area contributed by atoms with Crippen LogP contribution in [-0.2, 0) is 6.54 Å². The number of nitrogens with zero attached hydrogens (tertiary/aromatic N) is 1. The first-order valence-corrected chi connectivity index (χ1v) is 5.61. The van der Waals surface area contributed by atoms with E-state index in [4.69, 9.17) is 22.1 Å². The second-order valence-corrected chi connectivity index (χ2v) is 4.02. The van der Waals surface area contributed by atoms with Crippen molar-refractivity contribution < 1.29 is 4.74 Å². The molecule has 0 saturated heterocycles. The standard InChI is InChI=1S/C13H13ClN2O/c1-17-13-3-2-10(14)6-12(13)11-4-5-16-8-9(11)7-15/h2-6,8H,7,15H2,1H3. The molecule has 2 rings (SSSR count). The van der Waals surface area contributed by atoms with Crippen LogP contribution in [0.3, 0.4) is 0 Å². The lowest BCUT2D eigenvalue weighted by atomic mass is 10.0. The van der Waals surface area contributed by atoms with Crippen molar-refractivity contribution in [1.29, 1.82) is 0 Å². The maximum atomic E-state index is 6.02. The quantitative estimate of drug-likeness (QED) is 0.909. The van der Waals surface area contributed by atoms with Gasteiger partial charge in [-0.25, -0.2) is 0 Å². The number of methoxy groups -OCH3 is 1. The predicted octanol–water partition coefficient (Wildman–Crippen LogP) is 2.87. The van der Waals surface area contributed by atoms with Gasteiger partial charge in [-0.1, -0.05) is 11.6 Å². The molecular formula is C13H13ClN2O. The molecule has 1 heterocycles. The Hall–Kier alpha value is -1.58. The number of aromatic nitrogens is 1. The first kappa shape index (κ1) is 11.9. The highest BCUT2D eigenvalue weighted by Gasteiger charge is 2.10. The molecule has 0 saturated carbocycles. The second kappa shape index (κ2) is 5.17. The normalized spacial score (nSPS) is 10.3. The van der Waals surface area contributed by atoms with Crippen molar-refractivity contribution in [2.75, 3.05) is 7.11 Å². The van der Waals surface area contributed by atoms with E-state index < -0.39 is 0 Å². The lowest BCUT2D eigenvalue weighted by Gasteiger charge is -2.12. The number of halogens is 1. The molecule has 0 atom stereocenters. The van der Waals surface area contributed by atoms with E-state index in [-0.39, 0.29) is 0 Å². The van der Waals surface area contributed by atoms with Gasteiger partial charge in [-0.05, 0) is 35.4 Å². The summed E-state index contributed by atoms with van der Waals surface area (Å²) >= 11 is 6.02. The second-order valence-electron chi connectivity index (χ2n) is 3.58. The van der Waals surface area contributed by atoms with E-state index in [1.54, 1.807) is 25.6 Å². The van der Waals surface area contributed by atoms with Crippen LogP contribution in [0.2, 0.25) is 5.02 Å².